The minimum atomic E-state index is -3.32. The largest absolute Gasteiger partial charge is 0.379 e. The molecule has 1 atom stereocenters. The quantitative estimate of drug-likeness (QED) is 0.769. The van der Waals surface area contributed by atoms with Gasteiger partial charge in [0.1, 0.15) is 0 Å². The second-order valence-corrected chi connectivity index (χ2v) is 8.80. The molecule has 1 amide bonds. The van der Waals surface area contributed by atoms with Crippen LogP contribution in [0.15, 0.2) is 0 Å². The number of sulfonamides is 1. The first-order valence-corrected chi connectivity index (χ1v) is 9.95. The number of carbonyl (C=O) groups excluding carboxylic acids is 1. The number of hydrogen-bond donors (Lipinski definition) is 0. The van der Waals surface area contributed by atoms with Gasteiger partial charge in [-0.1, -0.05) is 12.8 Å². The third kappa shape index (κ3) is 3.31. The van der Waals surface area contributed by atoms with Crippen LogP contribution in [0.5, 0.6) is 0 Å². The number of ether oxygens (including phenoxy) is 1. The van der Waals surface area contributed by atoms with Crippen molar-refractivity contribution in [3.05, 3.63) is 0 Å². The highest BCUT2D eigenvalue weighted by molar-refractivity contribution is 7.89. The van der Waals surface area contributed by atoms with Gasteiger partial charge in [0.05, 0.1) is 18.5 Å². The van der Waals surface area contributed by atoms with Crippen molar-refractivity contribution in [3.63, 3.8) is 0 Å². The number of rotatable bonds is 3. The summed E-state index contributed by atoms with van der Waals surface area (Å²) in [4.78, 5) is 14.4. The van der Waals surface area contributed by atoms with Crippen LogP contribution in [-0.4, -0.2) is 68.2 Å². The van der Waals surface area contributed by atoms with Gasteiger partial charge in [0, 0.05) is 32.1 Å². The molecule has 3 fully saturated rings. The van der Waals surface area contributed by atoms with Gasteiger partial charge in [-0.2, -0.15) is 4.31 Å². The number of nitrogens with zero attached hydrogens (tertiary/aromatic N) is 2. The Morgan fingerprint density at radius 3 is 2.32 bits per heavy atom. The maximum atomic E-state index is 12.8. The number of amides is 1. The molecule has 6 nitrogen and oxygen atoms in total. The van der Waals surface area contributed by atoms with Gasteiger partial charge in [-0.3, -0.25) is 4.79 Å². The second kappa shape index (κ2) is 6.84. The van der Waals surface area contributed by atoms with Crippen LogP contribution in [0, 0.1) is 5.92 Å². The van der Waals surface area contributed by atoms with Crippen LogP contribution in [0.4, 0.5) is 0 Å². The van der Waals surface area contributed by atoms with E-state index in [4.69, 9.17) is 4.74 Å². The molecular formula is C15H26N2O4S. The van der Waals surface area contributed by atoms with Crippen LogP contribution in [0.3, 0.4) is 0 Å². The van der Waals surface area contributed by atoms with Gasteiger partial charge in [-0.05, 0) is 25.7 Å². The summed E-state index contributed by atoms with van der Waals surface area (Å²) in [5, 5.41) is -0.440. The molecule has 0 spiro atoms. The Balaban J connectivity index is 1.65. The monoisotopic (exact) mass is 330 g/mol. The van der Waals surface area contributed by atoms with Crippen molar-refractivity contribution in [2.45, 2.75) is 43.8 Å². The van der Waals surface area contributed by atoms with Crippen molar-refractivity contribution < 1.29 is 17.9 Å². The van der Waals surface area contributed by atoms with Crippen molar-refractivity contribution in [1.82, 2.24) is 9.21 Å². The molecule has 0 N–H and O–H groups in total. The summed E-state index contributed by atoms with van der Waals surface area (Å²) < 4.78 is 32.3. The average molecular weight is 330 g/mol. The molecule has 0 radical (unpaired) electrons. The summed E-state index contributed by atoms with van der Waals surface area (Å²) in [5.41, 5.74) is 0. The SMILES string of the molecule is O=C(C1CCCC1)N1CCCC(S(=O)(=O)N2CCOCC2)C1. The van der Waals surface area contributed by atoms with E-state index in [1.807, 2.05) is 4.90 Å². The summed E-state index contributed by atoms with van der Waals surface area (Å²) in [7, 11) is -3.32. The van der Waals surface area contributed by atoms with Gasteiger partial charge in [0.2, 0.25) is 15.9 Å². The van der Waals surface area contributed by atoms with Gasteiger partial charge >= 0.3 is 0 Å². The molecule has 0 bridgehead atoms. The molecule has 2 heterocycles. The van der Waals surface area contributed by atoms with Gasteiger partial charge in [0.15, 0.2) is 0 Å². The van der Waals surface area contributed by atoms with Crippen LogP contribution in [0.25, 0.3) is 0 Å². The van der Waals surface area contributed by atoms with Crippen molar-refractivity contribution in [1.29, 1.82) is 0 Å². The fourth-order valence-corrected chi connectivity index (χ4v) is 5.74. The zero-order valence-corrected chi connectivity index (χ0v) is 13.9. The van der Waals surface area contributed by atoms with Crippen LogP contribution >= 0.6 is 0 Å². The lowest BCUT2D eigenvalue weighted by Crippen LogP contribution is -2.52. The van der Waals surface area contributed by atoms with Gasteiger partial charge in [-0.15, -0.1) is 0 Å². The van der Waals surface area contributed by atoms with E-state index in [-0.39, 0.29) is 11.8 Å². The van der Waals surface area contributed by atoms with Crippen LogP contribution in [0.1, 0.15) is 38.5 Å². The van der Waals surface area contributed by atoms with Crippen LogP contribution < -0.4 is 0 Å². The molecule has 126 valence electrons. The highest BCUT2D eigenvalue weighted by atomic mass is 32.2. The highest BCUT2D eigenvalue weighted by Crippen LogP contribution is 2.29. The van der Waals surface area contributed by atoms with Crippen molar-refractivity contribution in [3.8, 4) is 0 Å². The fourth-order valence-electron chi connectivity index (χ4n) is 3.82. The zero-order chi connectivity index (χ0) is 15.6. The lowest BCUT2D eigenvalue weighted by molar-refractivity contribution is -0.136. The number of piperidine rings is 1. The fraction of sp³-hybridized carbons (Fsp3) is 0.933. The Morgan fingerprint density at radius 2 is 1.64 bits per heavy atom. The average Bonchev–Trinajstić information content (AvgIpc) is 3.09. The third-order valence-electron chi connectivity index (χ3n) is 5.15. The minimum absolute atomic E-state index is 0.129. The summed E-state index contributed by atoms with van der Waals surface area (Å²) in [6, 6.07) is 0. The van der Waals surface area contributed by atoms with E-state index in [0.717, 1.165) is 32.1 Å². The molecule has 0 aromatic heterocycles. The summed E-state index contributed by atoms with van der Waals surface area (Å²) >= 11 is 0. The predicted molar refractivity (Wildman–Crippen MR) is 82.9 cm³/mol. The molecule has 0 aromatic rings. The van der Waals surface area contributed by atoms with E-state index in [1.165, 1.54) is 0 Å². The molecule has 0 aromatic carbocycles. The second-order valence-electron chi connectivity index (χ2n) is 6.59. The molecule has 1 aliphatic carbocycles. The maximum Gasteiger partial charge on any atom is 0.225 e. The first-order valence-electron chi connectivity index (χ1n) is 8.44. The summed E-state index contributed by atoms with van der Waals surface area (Å²) in [5.74, 6) is 0.309. The van der Waals surface area contributed by atoms with Gasteiger partial charge in [0.25, 0.3) is 0 Å². The van der Waals surface area contributed by atoms with E-state index < -0.39 is 15.3 Å². The molecule has 3 rings (SSSR count). The Hall–Kier alpha value is -0.660. The van der Waals surface area contributed by atoms with E-state index in [0.29, 0.717) is 45.8 Å². The Labute approximate surface area is 132 Å². The minimum Gasteiger partial charge on any atom is -0.379 e. The van der Waals surface area contributed by atoms with Crippen molar-refractivity contribution >= 4 is 15.9 Å². The lowest BCUT2D eigenvalue weighted by atomic mass is 10.0. The molecule has 2 aliphatic heterocycles. The first kappa shape index (κ1) is 16.2. The lowest BCUT2D eigenvalue weighted by Gasteiger charge is -2.37. The number of likely N-dealkylation sites (tertiary alicyclic amines) is 1. The van der Waals surface area contributed by atoms with Gasteiger partial charge < -0.3 is 9.64 Å². The molecule has 7 heteroatoms. The van der Waals surface area contributed by atoms with E-state index in [9.17, 15) is 13.2 Å². The first-order chi connectivity index (χ1) is 10.6. The maximum absolute atomic E-state index is 12.8. The molecular weight excluding hydrogens is 304 g/mol. The molecule has 1 saturated carbocycles. The zero-order valence-electron chi connectivity index (χ0n) is 13.1. The third-order valence-corrected chi connectivity index (χ3v) is 7.46. The van der Waals surface area contributed by atoms with Crippen molar-refractivity contribution in [2.75, 3.05) is 39.4 Å². The van der Waals surface area contributed by atoms with Crippen LogP contribution in [-0.2, 0) is 19.6 Å². The Kier molecular flexibility index (Phi) is 5.04. The number of carbonyl (C=O) groups is 1. The van der Waals surface area contributed by atoms with E-state index in [2.05, 4.69) is 0 Å². The molecule has 3 aliphatic rings. The molecule has 2 saturated heterocycles. The van der Waals surface area contributed by atoms with Crippen LogP contribution in [0.2, 0.25) is 0 Å². The number of morpholine rings is 1. The highest BCUT2D eigenvalue weighted by Gasteiger charge is 2.38. The normalized spacial score (nSPS) is 28.9. The molecule has 22 heavy (non-hydrogen) atoms. The van der Waals surface area contributed by atoms with Crippen molar-refractivity contribution in [2.24, 2.45) is 5.92 Å². The van der Waals surface area contributed by atoms with E-state index in [1.54, 1.807) is 4.31 Å². The summed E-state index contributed by atoms with van der Waals surface area (Å²) in [6.45, 7) is 2.90. The Bertz CT molecular complexity index is 496. The molecule has 1 unspecified atom stereocenters. The standard InChI is InChI=1S/C15H26N2O4S/c18-15(13-4-1-2-5-13)16-7-3-6-14(12-16)22(19,20)17-8-10-21-11-9-17/h13-14H,1-12H2. The smallest absolute Gasteiger partial charge is 0.225 e. The topological polar surface area (TPSA) is 66.9 Å². The Morgan fingerprint density at radius 1 is 0.955 bits per heavy atom. The number of hydrogen-bond acceptors (Lipinski definition) is 4. The van der Waals surface area contributed by atoms with Gasteiger partial charge in [-0.25, -0.2) is 8.42 Å². The summed E-state index contributed by atoms with van der Waals surface area (Å²) in [6.07, 6.45) is 5.63. The van der Waals surface area contributed by atoms with E-state index >= 15 is 0 Å². The predicted octanol–water partition coefficient (Wildman–Crippen LogP) is 0.830.